The summed E-state index contributed by atoms with van der Waals surface area (Å²) in [6.45, 7) is 3.58. The molecule has 1 aliphatic carbocycles. The first-order chi connectivity index (χ1) is 6.99. The summed E-state index contributed by atoms with van der Waals surface area (Å²) in [6, 6.07) is 0. The summed E-state index contributed by atoms with van der Waals surface area (Å²) in [7, 11) is 0. The Hall–Kier alpha value is -0.630. The molecule has 0 saturated carbocycles. The zero-order chi connectivity index (χ0) is 11.3. The number of allylic oxidation sites excluding steroid dienone is 2. The molecular weight excluding hydrogens is 188 g/mol. The Morgan fingerprint density at radius 1 is 1.47 bits per heavy atom. The van der Waals surface area contributed by atoms with Crippen molar-refractivity contribution in [1.29, 1.82) is 0 Å². The Balaban J connectivity index is 2.27. The molecule has 0 amide bonds. The number of ketones is 1. The number of aliphatic hydroxyl groups is 1. The van der Waals surface area contributed by atoms with Crippen LogP contribution in [0.3, 0.4) is 0 Å². The number of carbonyl (C=O) groups excluding carboxylic acids is 1. The van der Waals surface area contributed by atoms with Crippen molar-refractivity contribution in [3.63, 3.8) is 0 Å². The van der Waals surface area contributed by atoms with Gasteiger partial charge >= 0.3 is 0 Å². The molecule has 0 aromatic rings. The lowest BCUT2D eigenvalue weighted by Gasteiger charge is -2.17. The van der Waals surface area contributed by atoms with E-state index in [4.69, 9.17) is 0 Å². The Labute approximate surface area is 92.4 Å². The first kappa shape index (κ1) is 12.4. The van der Waals surface area contributed by atoms with Gasteiger partial charge in [-0.2, -0.15) is 0 Å². The molecule has 0 aliphatic heterocycles. The number of rotatable bonds is 5. The molecule has 0 bridgehead atoms. The van der Waals surface area contributed by atoms with Crippen LogP contribution < -0.4 is 0 Å². The minimum Gasteiger partial charge on any atom is -0.390 e. The topological polar surface area (TPSA) is 37.3 Å². The molecule has 2 heteroatoms. The molecule has 1 rings (SSSR count). The Morgan fingerprint density at radius 2 is 2.20 bits per heavy atom. The van der Waals surface area contributed by atoms with E-state index in [-0.39, 0.29) is 0 Å². The standard InChI is InChI=1S/C13H22O2/c1-13(2,15)10-6-9-12(14)11-7-4-3-5-8-11/h7,15H,3-6,8-10H2,1-2H3. The lowest BCUT2D eigenvalue weighted by molar-refractivity contribution is -0.116. The third kappa shape index (κ3) is 5.12. The fourth-order valence-corrected chi connectivity index (χ4v) is 1.93. The van der Waals surface area contributed by atoms with Crippen LogP contribution in [0.1, 0.15) is 58.8 Å². The van der Waals surface area contributed by atoms with Gasteiger partial charge in [-0.25, -0.2) is 0 Å². The predicted octanol–water partition coefficient (Wildman–Crippen LogP) is 3.00. The van der Waals surface area contributed by atoms with Crippen LogP contribution >= 0.6 is 0 Å². The Kier molecular flexibility index (Phi) is 4.52. The van der Waals surface area contributed by atoms with Gasteiger partial charge in [0.15, 0.2) is 5.78 Å². The van der Waals surface area contributed by atoms with Crippen LogP contribution in [-0.2, 0) is 4.79 Å². The van der Waals surface area contributed by atoms with E-state index >= 15 is 0 Å². The van der Waals surface area contributed by atoms with Crippen molar-refractivity contribution in [1.82, 2.24) is 0 Å². The van der Waals surface area contributed by atoms with Gasteiger partial charge in [0.05, 0.1) is 5.60 Å². The van der Waals surface area contributed by atoms with Gasteiger partial charge < -0.3 is 5.11 Å². The number of Topliss-reactive ketones (excluding diaryl/α,β-unsaturated/α-hetero) is 1. The lowest BCUT2D eigenvalue weighted by Crippen LogP contribution is -2.18. The molecule has 86 valence electrons. The Morgan fingerprint density at radius 3 is 2.73 bits per heavy atom. The summed E-state index contributed by atoms with van der Waals surface area (Å²) < 4.78 is 0. The first-order valence-corrected chi connectivity index (χ1v) is 5.94. The maximum absolute atomic E-state index is 11.7. The van der Waals surface area contributed by atoms with Crippen molar-refractivity contribution in [3.8, 4) is 0 Å². The third-order valence-corrected chi connectivity index (χ3v) is 2.84. The van der Waals surface area contributed by atoms with E-state index in [1.807, 2.05) is 0 Å². The highest BCUT2D eigenvalue weighted by atomic mass is 16.3. The SMILES string of the molecule is CC(C)(O)CCCC(=O)C1=CCCCC1. The molecule has 1 aliphatic rings. The molecule has 0 saturated heterocycles. The molecule has 0 radical (unpaired) electrons. The lowest BCUT2D eigenvalue weighted by atomic mass is 9.92. The van der Waals surface area contributed by atoms with Crippen molar-refractivity contribution < 1.29 is 9.90 Å². The van der Waals surface area contributed by atoms with E-state index in [0.29, 0.717) is 18.6 Å². The molecular formula is C13H22O2. The van der Waals surface area contributed by atoms with Crippen LogP contribution in [0.5, 0.6) is 0 Å². The highest BCUT2D eigenvalue weighted by Gasteiger charge is 2.15. The summed E-state index contributed by atoms with van der Waals surface area (Å²) in [5.41, 5.74) is 0.387. The molecule has 0 atom stereocenters. The number of hydrogen-bond donors (Lipinski definition) is 1. The van der Waals surface area contributed by atoms with Crippen molar-refractivity contribution in [2.75, 3.05) is 0 Å². The average molecular weight is 210 g/mol. The van der Waals surface area contributed by atoms with Crippen LogP contribution in [0, 0.1) is 0 Å². The zero-order valence-corrected chi connectivity index (χ0v) is 9.88. The second-order valence-corrected chi connectivity index (χ2v) is 5.06. The van der Waals surface area contributed by atoms with E-state index in [2.05, 4.69) is 6.08 Å². The van der Waals surface area contributed by atoms with Gasteiger partial charge in [0.1, 0.15) is 0 Å². The molecule has 0 aromatic heterocycles. The summed E-state index contributed by atoms with van der Waals surface area (Å²) >= 11 is 0. The quantitative estimate of drug-likeness (QED) is 0.757. The largest absolute Gasteiger partial charge is 0.390 e. The molecule has 0 aromatic carbocycles. The number of carbonyl (C=O) groups is 1. The molecule has 0 fully saturated rings. The Bertz CT molecular complexity index is 246. The fourth-order valence-electron chi connectivity index (χ4n) is 1.93. The summed E-state index contributed by atoms with van der Waals surface area (Å²) in [6.07, 6.45) is 8.58. The van der Waals surface area contributed by atoms with Gasteiger partial charge in [-0.05, 0) is 57.9 Å². The molecule has 0 heterocycles. The van der Waals surface area contributed by atoms with E-state index in [1.165, 1.54) is 6.42 Å². The van der Waals surface area contributed by atoms with Crippen LogP contribution in [0.4, 0.5) is 0 Å². The van der Waals surface area contributed by atoms with Gasteiger partial charge in [0, 0.05) is 6.42 Å². The predicted molar refractivity (Wildman–Crippen MR) is 61.7 cm³/mol. The molecule has 2 nitrogen and oxygen atoms in total. The van der Waals surface area contributed by atoms with Crippen molar-refractivity contribution in [3.05, 3.63) is 11.6 Å². The zero-order valence-electron chi connectivity index (χ0n) is 9.88. The summed E-state index contributed by atoms with van der Waals surface area (Å²) in [5, 5.41) is 9.51. The maximum Gasteiger partial charge on any atom is 0.158 e. The minimum absolute atomic E-state index is 0.291. The van der Waals surface area contributed by atoms with Gasteiger partial charge in [0.2, 0.25) is 0 Å². The maximum atomic E-state index is 11.7. The van der Waals surface area contributed by atoms with Crippen molar-refractivity contribution in [2.45, 2.75) is 64.4 Å². The summed E-state index contributed by atoms with van der Waals surface area (Å²) in [4.78, 5) is 11.7. The van der Waals surface area contributed by atoms with Crippen molar-refractivity contribution >= 4 is 5.78 Å². The van der Waals surface area contributed by atoms with Crippen LogP contribution in [-0.4, -0.2) is 16.5 Å². The van der Waals surface area contributed by atoms with Crippen LogP contribution in [0.25, 0.3) is 0 Å². The fraction of sp³-hybridized carbons (Fsp3) is 0.769. The molecule has 0 spiro atoms. The highest BCUT2D eigenvalue weighted by molar-refractivity contribution is 5.95. The van der Waals surface area contributed by atoms with E-state index < -0.39 is 5.60 Å². The van der Waals surface area contributed by atoms with E-state index in [0.717, 1.165) is 31.3 Å². The van der Waals surface area contributed by atoms with Crippen LogP contribution in [0.2, 0.25) is 0 Å². The second-order valence-electron chi connectivity index (χ2n) is 5.06. The monoisotopic (exact) mass is 210 g/mol. The smallest absolute Gasteiger partial charge is 0.158 e. The normalized spacial score (nSPS) is 17.4. The molecule has 1 N–H and O–H groups in total. The van der Waals surface area contributed by atoms with Gasteiger partial charge in [-0.3, -0.25) is 4.79 Å². The average Bonchev–Trinajstić information content (AvgIpc) is 2.17. The first-order valence-electron chi connectivity index (χ1n) is 5.94. The second kappa shape index (κ2) is 5.45. The van der Waals surface area contributed by atoms with E-state index in [9.17, 15) is 9.90 Å². The third-order valence-electron chi connectivity index (χ3n) is 2.84. The molecule has 15 heavy (non-hydrogen) atoms. The van der Waals surface area contributed by atoms with Crippen LogP contribution in [0.15, 0.2) is 11.6 Å². The minimum atomic E-state index is -0.638. The van der Waals surface area contributed by atoms with Crippen molar-refractivity contribution in [2.24, 2.45) is 0 Å². The molecule has 0 unspecified atom stereocenters. The van der Waals surface area contributed by atoms with Gasteiger partial charge in [-0.1, -0.05) is 6.08 Å². The summed E-state index contributed by atoms with van der Waals surface area (Å²) in [5.74, 6) is 0.291. The van der Waals surface area contributed by atoms with E-state index in [1.54, 1.807) is 13.8 Å². The van der Waals surface area contributed by atoms with Gasteiger partial charge in [0.25, 0.3) is 0 Å². The highest BCUT2D eigenvalue weighted by Crippen LogP contribution is 2.21. The number of hydrogen-bond acceptors (Lipinski definition) is 2. The van der Waals surface area contributed by atoms with Gasteiger partial charge in [-0.15, -0.1) is 0 Å².